The van der Waals surface area contributed by atoms with Gasteiger partial charge in [-0.2, -0.15) is 0 Å². The lowest BCUT2D eigenvalue weighted by Gasteiger charge is -2.26. The number of benzene rings is 1. The van der Waals surface area contributed by atoms with E-state index < -0.39 is 6.04 Å². The van der Waals surface area contributed by atoms with Crippen molar-refractivity contribution in [3.63, 3.8) is 0 Å². The highest BCUT2D eigenvalue weighted by Crippen LogP contribution is 2.28. The van der Waals surface area contributed by atoms with Crippen LogP contribution < -0.4 is 5.32 Å². The van der Waals surface area contributed by atoms with E-state index in [0.717, 1.165) is 33.1 Å². The van der Waals surface area contributed by atoms with Crippen LogP contribution >= 0.6 is 22.7 Å². The highest BCUT2D eigenvalue weighted by atomic mass is 32.1. The van der Waals surface area contributed by atoms with Crippen LogP contribution in [0, 0.1) is 13.8 Å². The zero-order valence-electron chi connectivity index (χ0n) is 17.9. The van der Waals surface area contributed by atoms with Gasteiger partial charge in [0.1, 0.15) is 11.0 Å². The lowest BCUT2D eigenvalue weighted by molar-refractivity contribution is -0.139. The van der Waals surface area contributed by atoms with Crippen molar-refractivity contribution in [2.45, 2.75) is 52.1 Å². The highest BCUT2D eigenvalue weighted by molar-refractivity contribution is 7.13. The number of likely N-dealkylation sites (tertiary alicyclic amines) is 1. The van der Waals surface area contributed by atoms with Crippen LogP contribution in [0.25, 0.3) is 10.4 Å². The van der Waals surface area contributed by atoms with E-state index in [-0.39, 0.29) is 17.7 Å². The van der Waals surface area contributed by atoms with Crippen molar-refractivity contribution in [3.8, 4) is 10.4 Å². The van der Waals surface area contributed by atoms with Gasteiger partial charge >= 0.3 is 0 Å². The van der Waals surface area contributed by atoms with Crippen LogP contribution in [0.2, 0.25) is 0 Å². The van der Waals surface area contributed by atoms with Crippen LogP contribution in [0.15, 0.2) is 36.0 Å². The van der Waals surface area contributed by atoms with Crippen LogP contribution in [0.5, 0.6) is 0 Å². The van der Waals surface area contributed by atoms with Gasteiger partial charge in [-0.25, -0.2) is 9.97 Å². The van der Waals surface area contributed by atoms with E-state index in [1.165, 1.54) is 16.2 Å². The summed E-state index contributed by atoms with van der Waals surface area (Å²) < 4.78 is 0. The molecular weight excluding hydrogens is 428 g/mol. The third-order valence-corrected chi connectivity index (χ3v) is 7.72. The van der Waals surface area contributed by atoms with E-state index in [4.69, 9.17) is 0 Å². The Hall–Kier alpha value is -2.58. The number of nitrogens with zero attached hydrogens (tertiary/aromatic N) is 3. The molecule has 1 aliphatic rings. The molecule has 2 atom stereocenters. The van der Waals surface area contributed by atoms with Gasteiger partial charge in [0.2, 0.25) is 11.8 Å². The van der Waals surface area contributed by atoms with Gasteiger partial charge in [-0.3, -0.25) is 9.59 Å². The van der Waals surface area contributed by atoms with Crippen LogP contribution in [-0.4, -0.2) is 39.3 Å². The first-order valence-electron chi connectivity index (χ1n) is 10.4. The summed E-state index contributed by atoms with van der Waals surface area (Å²) in [5, 5.41) is 3.83. The first kappa shape index (κ1) is 21.6. The van der Waals surface area contributed by atoms with E-state index in [0.29, 0.717) is 19.5 Å². The van der Waals surface area contributed by atoms with Gasteiger partial charge in [0.15, 0.2) is 0 Å². The van der Waals surface area contributed by atoms with E-state index >= 15 is 0 Å². The highest BCUT2D eigenvalue weighted by Gasteiger charge is 2.36. The molecule has 0 radical (unpaired) electrons. The number of hydrogen-bond donors (Lipinski definition) is 1. The Labute approximate surface area is 190 Å². The molecule has 1 N–H and O–H groups in total. The SMILES string of the molecule is Cc1cnc(C(C)C(=O)N2CCCC2C(=O)NCc2ccc(-c3scnc3C)cc2)s1. The number of carbonyl (C=O) groups is 2. The predicted molar refractivity (Wildman–Crippen MR) is 124 cm³/mol. The van der Waals surface area contributed by atoms with E-state index in [1.54, 1.807) is 22.4 Å². The average molecular weight is 455 g/mol. The van der Waals surface area contributed by atoms with Gasteiger partial charge in [0.25, 0.3) is 0 Å². The third-order valence-electron chi connectivity index (χ3n) is 5.65. The fourth-order valence-electron chi connectivity index (χ4n) is 3.89. The van der Waals surface area contributed by atoms with Crippen molar-refractivity contribution in [3.05, 3.63) is 57.1 Å². The number of thiazole rings is 2. The molecule has 1 saturated heterocycles. The predicted octanol–water partition coefficient (Wildman–Crippen LogP) is 4.29. The molecule has 1 aliphatic heterocycles. The zero-order chi connectivity index (χ0) is 22.0. The van der Waals surface area contributed by atoms with Crippen LogP contribution in [0.1, 0.15) is 46.8 Å². The van der Waals surface area contributed by atoms with Crippen molar-refractivity contribution < 1.29 is 9.59 Å². The standard InChI is InChI=1S/C23H26N4O2S2/c1-14-11-25-22(31-14)15(2)23(29)27-10-4-5-19(27)21(28)24-12-17-6-8-18(9-7-17)20-16(3)26-13-30-20/h6-9,11,13,15,19H,4-5,10,12H2,1-3H3,(H,24,28). The summed E-state index contributed by atoms with van der Waals surface area (Å²) in [7, 11) is 0. The number of hydrogen-bond acceptors (Lipinski definition) is 6. The summed E-state index contributed by atoms with van der Waals surface area (Å²) in [4.78, 5) is 38.5. The van der Waals surface area contributed by atoms with Crippen molar-refractivity contribution in [1.82, 2.24) is 20.2 Å². The molecule has 0 spiro atoms. The molecule has 31 heavy (non-hydrogen) atoms. The number of nitrogens with one attached hydrogen (secondary N) is 1. The zero-order valence-corrected chi connectivity index (χ0v) is 19.6. The minimum Gasteiger partial charge on any atom is -0.350 e. The monoisotopic (exact) mass is 454 g/mol. The lowest BCUT2D eigenvalue weighted by atomic mass is 10.1. The van der Waals surface area contributed by atoms with Crippen LogP contribution in [-0.2, 0) is 16.1 Å². The van der Waals surface area contributed by atoms with Crippen molar-refractivity contribution in [1.29, 1.82) is 0 Å². The molecule has 3 aromatic rings. The van der Waals surface area contributed by atoms with Crippen molar-refractivity contribution in [2.24, 2.45) is 0 Å². The molecule has 2 unspecified atom stereocenters. The Morgan fingerprint density at radius 2 is 2.00 bits per heavy atom. The fourth-order valence-corrected chi connectivity index (χ4v) is 5.52. The number of aryl methyl sites for hydroxylation is 2. The second kappa shape index (κ2) is 9.28. The first-order valence-corrected chi connectivity index (χ1v) is 12.1. The van der Waals surface area contributed by atoms with Crippen LogP contribution in [0.3, 0.4) is 0 Å². The Balaban J connectivity index is 1.36. The lowest BCUT2D eigenvalue weighted by Crippen LogP contribution is -2.47. The smallest absolute Gasteiger partial charge is 0.243 e. The van der Waals surface area contributed by atoms with Crippen molar-refractivity contribution in [2.75, 3.05) is 6.54 Å². The number of aromatic nitrogens is 2. The number of carbonyl (C=O) groups excluding carboxylic acids is 2. The molecule has 8 heteroatoms. The Bertz CT molecular complexity index is 1070. The Morgan fingerprint density at radius 3 is 2.65 bits per heavy atom. The van der Waals surface area contributed by atoms with Gasteiger partial charge in [0, 0.05) is 24.2 Å². The maximum atomic E-state index is 13.0. The summed E-state index contributed by atoms with van der Waals surface area (Å²) >= 11 is 3.17. The molecule has 6 nitrogen and oxygen atoms in total. The van der Waals surface area contributed by atoms with Gasteiger partial charge < -0.3 is 10.2 Å². The largest absolute Gasteiger partial charge is 0.350 e. The summed E-state index contributed by atoms with van der Waals surface area (Å²) in [5.74, 6) is -0.429. The van der Waals surface area contributed by atoms with Gasteiger partial charge in [-0.1, -0.05) is 24.3 Å². The number of amides is 2. The summed E-state index contributed by atoms with van der Waals surface area (Å²) in [6.45, 7) is 6.93. The maximum Gasteiger partial charge on any atom is 0.243 e. The minimum atomic E-state index is -0.407. The molecule has 4 rings (SSSR count). The van der Waals surface area contributed by atoms with E-state index in [9.17, 15) is 9.59 Å². The van der Waals surface area contributed by atoms with Gasteiger partial charge in [-0.05, 0) is 44.7 Å². The summed E-state index contributed by atoms with van der Waals surface area (Å²) in [5.41, 5.74) is 5.04. The summed E-state index contributed by atoms with van der Waals surface area (Å²) in [6, 6.07) is 7.77. The average Bonchev–Trinajstić information content (AvgIpc) is 3.52. The quantitative estimate of drug-likeness (QED) is 0.603. The van der Waals surface area contributed by atoms with Crippen LogP contribution in [0.4, 0.5) is 0 Å². The molecule has 162 valence electrons. The molecule has 1 fully saturated rings. The molecule has 0 aliphatic carbocycles. The molecule has 2 aromatic heterocycles. The molecule has 0 saturated carbocycles. The van der Waals surface area contributed by atoms with Crippen molar-refractivity contribution >= 4 is 34.5 Å². The second-order valence-corrected chi connectivity index (χ2v) is 10.0. The molecule has 0 bridgehead atoms. The normalized spacial score (nSPS) is 17.0. The second-order valence-electron chi connectivity index (χ2n) is 7.90. The third kappa shape index (κ3) is 4.70. The Kier molecular flexibility index (Phi) is 6.48. The minimum absolute atomic E-state index is 0.0173. The topological polar surface area (TPSA) is 75.2 Å². The molecule has 2 amide bonds. The van der Waals surface area contributed by atoms with Gasteiger partial charge in [0.05, 0.1) is 22.0 Å². The van der Waals surface area contributed by atoms with E-state index in [1.807, 2.05) is 38.4 Å². The molecule has 3 heterocycles. The summed E-state index contributed by atoms with van der Waals surface area (Å²) in [6.07, 6.45) is 3.33. The van der Waals surface area contributed by atoms with Gasteiger partial charge in [-0.15, -0.1) is 22.7 Å². The Morgan fingerprint density at radius 1 is 1.23 bits per heavy atom. The first-order chi connectivity index (χ1) is 14.9. The van der Waals surface area contributed by atoms with E-state index in [2.05, 4.69) is 27.4 Å². The number of rotatable bonds is 6. The molecular formula is C23H26N4O2S2. The molecule has 1 aromatic carbocycles. The maximum absolute atomic E-state index is 13.0. The fraction of sp³-hybridized carbons (Fsp3) is 0.391.